The Bertz CT molecular complexity index is 1090. The predicted octanol–water partition coefficient (Wildman–Crippen LogP) is 2.63. The van der Waals surface area contributed by atoms with E-state index in [2.05, 4.69) is 15.8 Å². The molecule has 8 nitrogen and oxygen atoms in total. The van der Waals surface area contributed by atoms with E-state index < -0.39 is 5.91 Å². The number of hydrogen-bond donors (Lipinski definition) is 2. The van der Waals surface area contributed by atoms with Gasteiger partial charge in [0.1, 0.15) is 0 Å². The first kappa shape index (κ1) is 22.3. The highest BCUT2D eigenvalue weighted by molar-refractivity contribution is 5.95. The standard InChI is InChI=1S/C25H26N4O4/c30-23(17-27-25(32)21-15-22(33-28-21)19-9-5-2-6-10-19)29-13-11-20(12-14-29)24(31)26-16-18-7-3-1-4-8-18/h1-10,15,20H,11-14,16-17H2,(H,26,31)(H,27,32). The molecule has 1 saturated heterocycles. The number of aromatic nitrogens is 1. The first-order valence-electron chi connectivity index (χ1n) is 11.0. The number of carbonyl (C=O) groups excluding carboxylic acids is 3. The van der Waals surface area contributed by atoms with Gasteiger partial charge in [-0.25, -0.2) is 0 Å². The third kappa shape index (κ3) is 5.85. The van der Waals surface area contributed by atoms with E-state index in [0.29, 0.717) is 38.2 Å². The molecule has 4 rings (SSSR count). The van der Waals surface area contributed by atoms with E-state index in [1.54, 1.807) is 11.0 Å². The number of hydrogen-bond acceptors (Lipinski definition) is 5. The van der Waals surface area contributed by atoms with Gasteiger partial charge in [-0.1, -0.05) is 65.8 Å². The molecule has 2 N–H and O–H groups in total. The SMILES string of the molecule is O=C(NCC(=O)N1CCC(C(=O)NCc2ccccc2)CC1)c1cc(-c2ccccc2)on1. The smallest absolute Gasteiger partial charge is 0.273 e. The Hall–Kier alpha value is -3.94. The number of benzene rings is 2. The molecule has 2 aromatic carbocycles. The van der Waals surface area contributed by atoms with Crippen molar-refractivity contribution < 1.29 is 18.9 Å². The summed E-state index contributed by atoms with van der Waals surface area (Å²) in [5, 5.41) is 9.37. The molecule has 0 aliphatic carbocycles. The van der Waals surface area contributed by atoms with E-state index in [4.69, 9.17) is 4.52 Å². The van der Waals surface area contributed by atoms with Crippen LogP contribution >= 0.6 is 0 Å². The molecule has 3 amide bonds. The van der Waals surface area contributed by atoms with Gasteiger partial charge in [0.05, 0.1) is 6.54 Å². The number of carbonyl (C=O) groups is 3. The maximum atomic E-state index is 12.5. The van der Waals surface area contributed by atoms with Gasteiger partial charge in [-0.3, -0.25) is 14.4 Å². The molecule has 8 heteroatoms. The fraction of sp³-hybridized carbons (Fsp3) is 0.280. The average Bonchev–Trinajstić information content (AvgIpc) is 3.37. The largest absolute Gasteiger partial charge is 0.355 e. The van der Waals surface area contributed by atoms with Crippen LogP contribution in [0.2, 0.25) is 0 Å². The molecule has 33 heavy (non-hydrogen) atoms. The van der Waals surface area contributed by atoms with Crippen molar-refractivity contribution in [1.82, 2.24) is 20.7 Å². The van der Waals surface area contributed by atoms with Gasteiger partial charge in [0.25, 0.3) is 5.91 Å². The molecule has 0 unspecified atom stereocenters. The van der Waals surface area contributed by atoms with Crippen LogP contribution in [-0.4, -0.2) is 47.4 Å². The summed E-state index contributed by atoms with van der Waals surface area (Å²) in [5.74, 6) is -0.263. The fourth-order valence-corrected chi connectivity index (χ4v) is 3.80. The fourth-order valence-electron chi connectivity index (χ4n) is 3.80. The van der Waals surface area contributed by atoms with Gasteiger partial charge in [-0.05, 0) is 18.4 Å². The second-order valence-corrected chi connectivity index (χ2v) is 7.98. The second kappa shape index (κ2) is 10.6. The van der Waals surface area contributed by atoms with E-state index in [0.717, 1.165) is 11.1 Å². The van der Waals surface area contributed by atoms with Crippen molar-refractivity contribution in [3.8, 4) is 11.3 Å². The van der Waals surface area contributed by atoms with Crippen LogP contribution in [0, 0.1) is 5.92 Å². The van der Waals surface area contributed by atoms with Crippen LogP contribution < -0.4 is 10.6 Å². The minimum Gasteiger partial charge on any atom is -0.355 e. The summed E-state index contributed by atoms with van der Waals surface area (Å²) in [6.07, 6.45) is 1.20. The second-order valence-electron chi connectivity index (χ2n) is 7.98. The molecule has 0 atom stereocenters. The summed E-state index contributed by atoms with van der Waals surface area (Å²) in [6, 6.07) is 20.6. The molecule has 1 aliphatic heterocycles. The number of amides is 3. The summed E-state index contributed by atoms with van der Waals surface area (Å²) < 4.78 is 5.23. The average molecular weight is 447 g/mol. The molecular formula is C25H26N4O4. The quantitative estimate of drug-likeness (QED) is 0.581. The Balaban J connectivity index is 1.20. The van der Waals surface area contributed by atoms with Gasteiger partial charge in [0, 0.05) is 37.2 Å². The number of likely N-dealkylation sites (tertiary alicyclic amines) is 1. The van der Waals surface area contributed by atoms with Gasteiger partial charge >= 0.3 is 0 Å². The number of rotatable bonds is 7. The molecule has 0 spiro atoms. The third-order valence-electron chi connectivity index (χ3n) is 5.73. The van der Waals surface area contributed by atoms with Gasteiger partial charge in [-0.2, -0.15) is 0 Å². The van der Waals surface area contributed by atoms with Crippen LogP contribution in [0.3, 0.4) is 0 Å². The van der Waals surface area contributed by atoms with Crippen LogP contribution in [0.4, 0.5) is 0 Å². The van der Waals surface area contributed by atoms with Crippen molar-refractivity contribution in [1.29, 1.82) is 0 Å². The zero-order valence-corrected chi connectivity index (χ0v) is 18.2. The Morgan fingerprint density at radius 1 is 0.939 bits per heavy atom. The monoisotopic (exact) mass is 446 g/mol. The number of nitrogens with zero attached hydrogens (tertiary/aromatic N) is 2. The van der Waals surface area contributed by atoms with Gasteiger partial charge in [0.15, 0.2) is 11.5 Å². The molecule has 0 saturated carbocycles. The van der Waals surface area contributed by atoms with Crippen molar-refractivity contribution in [2.75, 3.05) is 19.6 Å². The molecule has 2 heterocycles. The first-order valence-corrected chi connectivity index (χ1v) is 11.0. The lowest BCUT2D eigenvalue weighted by Gasteiger charge is -2.31. The molecule has 1 aliphatic rings. The highest BCUT2D eigenvalue weighted by atomic mass is 16.5. The Kier molecular flexibility index (Phi) is 7.14. The molecule has 3 aromatic rings. The predicted molar refractivity (Wildman–Crippen MR) is 122 cm³/mol. The van der Waals surface area contributed by atoms with Crippen LogP contribution in [0.1, 0.15) is 28.9 Å². The number of piperidine rings is 1. The summed E-state index contributed by atoms with van der Waals surface area (Å²) in [4.78, 5) is 39.0. The zero-order valence-electron chi connectivity index (χ0n) is 18.2. The minimum absolute atomic E-state index is 0.0134. The Labute approximate surface area is 191 Å². The summed E-state index contributed by atoms with van der Waals surface area (Å²) in [6.45, 7) is 1.34. The lowest BCUT2D eigenvalue weighted by atomic mass is 9.95. The van der Waals surface area contributed by atoms with E-state index in [9.17, 15) is 14.4 Å². The van der Waals surface area contributed by atoms with E-state index in [1.165, 1.54) is 0 Å². The number of nitrogens with one attached hydrogen (secondary N) is 2. The molecule has 1 aromatic heterocycles. The van der Waals surface area contributed by atoms with E-state index >= 15 is 0 Å². The molecule has 0 bridgehead atoms. The Morgan fingerprint density at radius 3 is 2.30 bits per heavy atom. The summed E-state index contributed by atoms with van der Waals surface area (Å²) in [5.41, 5.74) is 1.99. The topological polar surface area (TPSA) is 105 Å². The van der Waals surface area contributed by atoms with Gasteiger partial charge < -0.3 is 20.1 Å². The molecular weight excluding hydrogens is 420 g/mol. The molecule has 170 valence electrons. The van der Waals surface area contributed by atoms with Crippen LogP contribution in [0.25, 0.3) is 11.3 Å². The minimum atomic E-state index is -0.468. The normalized spacial score (nSPS) is 14.0. The summed E-state index contributed by atoms with van der Waals surface area (Å²) >= 11 is 0. The van der Waals surface area contributed by atoms with Crippen molar-refractivity contribution in [3.63, 3.8) is 0 Å². The lowest BCUT2D eigenvalue weighted by Crippen LogP contribution is -2.46. The lowest BCUT2D eigenvalue weighted by molar-refractivity contribution is -0.134. The van der Waals surface area contributed by atoms with E-state index in [1.807, 2.05) is 60.7 Å². The van der Waals surface area contributed by atoms with Gasteiger partial charge in [-0.15, -0.1) is 0 Å². The van der Waals surface area contributed by atoms with Crippen LogP contribution in [-0.2, 0) is 16.1 Å². The van der Waals surface area contributed by atoms with Crippen molar-refractivity contribution >= 4 is 17.7 Å². The molecule has 0 radical (unpaired) electrons. The van der Waals surface area contributed by atoms with Crippen molar-refractivity contribution in [2.24, 2.45) is 5.92 Å². The first-order chi connectivity index (χ1) is 16.1. The third-order valence-corrected chi connectivity index (χ3v) is 5.73. The van der Waals surface area contributed by atoms with E-state index in [-0.39, 0.29) is 30.0 Å². The molecule has 1 fully saturated rings. The highest BCUT2D eigenvalue weighted by Gasteiger charge is 2.27. The van der Waals surface area contributed by atoms with Crippen molar-refractivity contribution in [3.05, 3.63) is 78.0 Å². The highest BCUT2D eigenvalue weighted by Crippen LogP contribution is 2.20. The maximum absolute atomic E-state index is 12.5. The zero-order chi connectivity index (χ0) is 23.0. The van der Waals surface area contributed by atoms with Crippen LogP contribution in [0.15, 0.2) is 71.3 Å². The Morgan fingerprint density at radius 2 is 1.61 bits per heavy atom. The van der Waals surface area contributed by atoms with Gasteiger partial charge in [0.2, 0.25) is 11.8 Å². The van der Waals surface area contributed by atoms with Crippen molar-refractivity contribution in [2.45, 2.75) is 19.4 Å². The summed E-state index contributed by atoms with van der Waals surface area (Å²) in [7, 11) is 0. The maximum Gasteiger partial charge on any atom is 0.273 e. The van der Waals surface area contributed by atoms with Crippen LogP contribution in [0.5, 0.6) is 0 Å².